The van der Waals surface area contributed by atoms with Gasteiger partial charge in [0.2, 0.25) is 0 Å². The molecule has 2 aromatic carbocycles. The number of amides is 2. The average molecular weight is 574 g/mol. The maximum Gasteiger partial charge on any atom is 0.252 e. The zero-order chi connectivity index (χ0) is 18.5. The molecule has 3 rings (SSSR count). The number of hydrogen-bond acceptors (Lipinski definition) is 2. The molecule has 4 nitrogen and oxygen atoms in total. The highest BCUT2D eigenvalue weighted by molar-refractivity contribution is 14.1. The van der Waals surface area contributed by atoms with Crippen LogP contribution >= 0.6 is 45.2 Å². The highest BCUT2D eigenvalue weighted by Crippen LogP contribution is 2.21. The summed E-state index contributed by atoms with van der Waals surface area (Å²) in [7, 11) is 0. The summed E-state index contributed by atoms with van der Waals surface area (Å²) < 4.78 is 1.86. The summed E-state index contributed by atoms with van der Waals surface area (Å²) in [5, 5.41) is 6.27. The van der Waals surface area contributed by atoms with Crippen LogP contribution in [0.4, 0.5) is 0 Å². The van der Waals surface area contributed by atoms with Crippen molar-refractivity contribution in [1.82, 2.24) is 10.6 Å². The Morgan fingerprint density at radius 3 is 1.50 bits per heavy atom. The molecule has 0 aliphatic heterocycles. The summed E-state index contributed by atoms with van der Waals surface area (Å²) in [6.45, 7) is 0. The van der Waals surface area contributed by atoms with E-state index < -0.39 is 0 Å². The molecule has 2 amide bonds. The van der Waals surface area contributed by atoms with E-state index in [1.54, 1.807) is 0 Å². The molecule has 0 saturated heterocycles. The summed E-state index contributed by atoms with van der Waals surface area (Å²) in [5.74, 6) is -0.147. The molecular formula is C20H20I2N2O2. The Kier molecular flexibility index (Phi) is 6.91. The van der Waals surface area contributed by atoms with Crippen LogP contribution < -0.4 is 10.6 Å². The van der Waals surface area contributed by atoms with E-state index >= 15 is 0 Å². The molecule has 6 heteroatoms. The zero-order valence-electron chi connectivity index (χ0n) is 14.2. The minimum atomic E-state index is -0.0737. The lowest BCUT2D eigenvalue weighted by molar-refractivity contribution is 0.0862. The van der Waals surface area contributed by atoms with E-state index in [2.05, 4.69) is 55.8 Å². The molecule has 1 aliphatic carbocycles. The Morgan fingerprint density at radius 2 is 1.12 bits per heavy atom. The van der Waals surface area contributed by atoms with Crippen LogP contribution in [0.2, 0.25) is 0 Å². The quantitative estimate of drug-likeness (QED) is 0.534. The SMILES string of the molecule is O=C(NC1CCCCC1NC(=O)c1ccccc1I)c1ccccc1I. The van der Waals surface area contributed by atoms with E-state index in [1.807, 2.05) is 48.5 Å². The van der Waals surface area contributed by atoms with Crippen molar-refractivity contribution in [1.29, 1.82) is 0 Å². The van der Waals surface area contributed by atoms with Crippen molar-refractivity contribution in [3.8, 4) is 0 Å². The summed E-state index contributed by atoms with van der Waals surface area (Å²) >= 11 is 4.35. The minimum Gasteiger partial charge on any atom is -0.347 e. The van der Waals surface area contributed by atoms with Crippen molar-refractivity contribution < 1.29 is 9.59 Å². The highest BCUT2D eigenvalue weighted by Gasteiger charge is 2.29. The lowest BCUT2D eigenvalue weighted by atomic mass is 9.89. The molecule has 0 bridgehead atoms. The maximum absolute atomic E-state index is 12.7. The summed E-state index contributed by atoms with van der Waals surface area (Å²) in [5.41, 5.74) is 1.36. The van der Waals surface area contributed by atoms with E-state index in [0.717, 1.165) is 32.8 Å². The molecule has 2 unspecified atom stereocenters. The molecule has 0 aromatic heterocycles. The predicted molar refractivity (Wildman–Crippen MR) is 119 cm³/mol. The van der Waals surface area contributed by atoms with E-state index in [-0.39, 0.29) is 23.9 Å². The number of rotatable bonds is 4. The topological polar surface area (TPSA) is 58.2 Å². The molecule has 1 aliphatic rings. The number of benzene rings is 2. The van der Waals surface area contributed by atoms with Crippen molar-refractivity contribution in [2.24, 2.45) is 0 Å². The van der Waals surface area contributed by atoms with Crippen molar-refractivity contribution in [2.75, 3.05) is 0 Å². The lowest BCUT2D eigenvalue weighted by Crippen LogP contribution is -2.53. The molecule has 26 heavy (non-hydrogen) atoms. The second-order valence-corrected chi connectivity index (χ2v) is 8.73. The number of nitrogens with one attached hydrogen (secondary N) is 2. The van der Waals surface area contributed by atoms with Gasteiger partial charge < -0.3 is 10.6 Å². The predicted octanol–water partition coefficient (Wildman–Crippen LogP) is 4.37. The fraction of sp³-hybridized carbons (Fsp3) is 0.300. The molecule has 136 valence electrons. The van der Waals surface area contributed by atoms with Crippen molar-refractivity contribution in [3.05, 3.63) is 66.8 Å². The normalized spacial score (nSPS) is 19.6. The van der Waals surface area contributed by atoms with E-state index in [4.69, 9.17) is 0 Å². The van der Waals surface area contributed by atoms with Gasteiger partial charge in [-0.15, -0.1) is 0 Å². The Balaban J connectivity index is 1.70. The van der Waals surface area contributed by atoms with E-state index in [1.165, 1.54) is 0 Å². The van der Waals surface area contributed by atoms with Gasteiger partial charge in [-0.2, -0.15) is 0 Å². The minimum absolute atomic E-state index is 0.0439. The fourth-order valence-corrected chi connectivity index (χ4v) is 4.52. The molecule has 0 radical (unpaired) electrons. The van der Waals surface area contributed by atoms with E-state index in [0.29, 0.717) is 11.1 Å². The number of carbonyl (C=O) groups excluding carboxylic acids is 2. The summed E-state index contributed by atoms with van der Waals surface area (Å²) in [4.78, 5) is 25.3. The van der Waals surface area contributed by atoms with Crippen LogP contribution in [0, 0.1) is 7.14 Å². The van der Waals surface area contributed by atoms with Crippen molar-refractivity contribution >= 4 is 57.0 Å². The number of halogens is 2. The maximum atomic E-state index is 12.7. The van der Waals surface area contributed by atoms with Gasteiger partial charge in [0.15, 0.2) is 0 Å². The molecule has 1 fully saturated rings. The van der Waals surface area contributed by atoms with Crippen molar-refractivity contribution in [2.45, 2.75) is 37.8 Å². The molecule has 2 atom stereocenters. The van der Waals surface area contributed by atoms with Crippen LogP contribution in [0.1, 0.15) is 46.4 Å². The first kappa shape index (κ1) is 19.6. The summed E-state index contributed by atoms with van der Waals surface area (Å²) in [6, 6.07) is 15.0. The first-order valence-electron chi connectivity index (χ1n) is 8.67. The molecule has 0 heterocycles. The van der Waals surface area contributed by atoms with Gasteiger partial charge in [-0.3, -0.25) is 9.59 Å². The third-order valence-corrected chi connectivity index (χ3v) is 6.52. The molecule has 2 N–H and O–H groups in total. The lowest BCUT2D eigenvalue weighted by Gasteiger charge is -2.33. The van der Waals surface area contributed by atoms with Crippen molar-refractivity contribution in [3.63, 3.8) is 0 Å². The smallest absolute Gasteiger partial charge is 0.252 e. The van der Waals surface area contributed by atoms with Gasteiger partial charge in [-0.05, 0) is 82.3 Å². The second-order valence-electron chi connectivity index (χ2n) is 6.40. The van der Waals surface area contributed by atoms with Gasteiger partial charge in [-0.1, -0.05) is 37.1 Å². The van der Waals surface area contributed by atoms with E-state index in [9.17, 15) is 9.59 Å². The Bertz CT molecular complexity index is 742. The number of hydrogen-bond donors (Lipinski definition) is 2. The molecule has 2 aromatic rings. The largest absolute Gasteiger partial charge is 0.347 e. The average Bonchev–Trinajstić information content (AvgIpc) is 2.64. The molecule has 0 spiro atoms. The van der Waals surface area contributed by atoms with Crippen LogP contribution in [0.5, 0.6) is 0 Å². The highest BCUT2D eigenvalue weighted by atomic mass is 127. The Hall–Kier alpha value is -1.16. The van der Waals surface area contributed by atoms with Gasteiger partial charge in [-0.25, -0.2) is 0 Å². The van der Waals surface area contributed by atoms with Gasteiger partial charge in [0.1, 0.15) is 0 Å². The third-order valence-electron chi connectivity index (χ3n) is 4.64. The Labute approximate surface area is 180 Å². The number of carbonyl (C=O) groups is 2. The van der Waals surface area contributed by atoms with Gasteiger partial charge in [0, 0.05) is 19.2 Å². The first-order chi connectivity index (χ1) is 12.6. The Morgan fingerprint density at radius 1 is 0.731 bits per heavy atom. The van der Waals surface area contributed by atoms with Crippen LogP contribution in [0.3, 0.4) is 0 Å². The standard InChI is InChI=1S/C20H20I2N2O2/c21-15-9-3-1-7-13(15)19(25)23-17-11-5-6-12-18(17)24-20(26)14-8-2-4-10-16(14)22/h1-4,7-10,17-18H,5-6,11-12H2,(H,23,25)(H,24,26). The van der Waals surface area contributed by atoms with Crippen LogP contribution in [-0.4, -0.2) is 23.9 Å². The zero-order valence-corrected chi connectivity index (χ0v) is 18.5. The van der Waals surface area contributed by atoms with Crippen LogP contribution in [0.25, 0.3) is 0 Å². The van der Waals surface area contributed by atoms with Crippen LogP contribution in [0.15, 0.2) is 48.5 Å². The molecule has 1 saturated carbocycles. The third kappa shape index (κ3) is 4.76. The summed E-state index contributed by atoms with van der Waals surface area (Å²) in [6.07, 6.45) is 3.89. The molecular weight excluding hydrogens is 554 g/mol. The fourth-order valence-electron chi connectivity index (χ4n) is 3.26. The monoisotopic (exact) mass is 574 g/mol. The second kappa shape index (κ2) is 9.16. The van der Waals surface area contributed by atoms with Gasteiger partial charge in [0.05, 0.1) is 11.1 Å². The van der Waals surface area contributed by atoms with Gasteiger partial charge >= 0.3 is 0 Å². The van der Waals surface area contributed by atoms with Crippen LogP contribution in [-0.2, 0) is 0 Å². The van der Waals surface area contributed by atoms with Gasteiger partial charge in [0.25, 0.3) is 11.8 Å². The first-order valence-corrected chi connectivity index (χ1v) is 10.8.